The summed E-state index contributed by atoms with van der Waals surface area (Å²) in [5.41, 5.74) is 1.55. The molecular formula is C18H16FNOS. The van der Waals surface area contributed by atoms with Gasteiger partial charge in [0, 0.05) is 23.9 Å². The highest BCUT2D eigenvalue weighted by atomic mass is 32.2. The van der Waals surface area contributed by atoms with Gasteiger partial charge in [0.2, 0.25) is 5.91 Å². The van der Waals surface area contributed by atoms with Crippen molar-refractivity contribution >= 4 is 23.7 Å². The van der Waals surface area contributed by atoms with E-state index in [0.29, 0.717) is 12.1 Å². The maximum absolute atomic E-state index is 14.0. The van der Waals surface area contributed by atoms with Gasteiger partial charge in [-0.05, 0) is 17.7 Å². The zero-order chi connectivity index (χ0) is 15.4. The van der Waals surface area contributed by atoms with Gasteiger partial charge in [0.1, 0.15) is 11.2 Å². The summed E-state index contributed by atoms with van der Waals surface area (Å²) in [7, 11) is 0. The molecule has 0 unspecified atom stereocenters. The first-order valence-corrected chi connectivity index (χ1v) is 8.20. The topological polar surface area (TPSA) is 20.3 Å². The van der Waals surface area contributed by atoms with Gasteiger partial charge in [0.05, 0.1) is 0 Å². The fraction of sp³-hybridized carbons (Fsp3) is 0.167. The van der Waals surface area contributed by atoms with Crippen molar-refractivity contribution < 1.29 is 9.18 Å². The Bertz CT molecular complexity index is 686. The van der Waals surface area contributed by atoms with Gasteiger partial charge in [-0.15, -0.1) is 11.8 Å². The number of halogens is 1. The summed E-state index contributed by atoms with van der Waals surface area (Å²) in [5.74, 6) is 0.484. The van der Waals surface area contributed by atoms with Crippen molar-refractivity contribution in [2.75, 3.05) is 12.3 Å². The molecule has 1 fully saturated rings. The molecule has 1 heterocycles. The van der Waals surface area contributed by atoms with Crippen molar-refractivity contribution in [3.63, 3.8) is 0 Å². The number of thioether (sulfide) groups is 1. The Labute approximate surface area is 133 Å². The van der Waals surface area contributed by atoms with E-state index in [1.165, 1.54) is 6.07 Å². The first-order valence-electron chi connectivity index (χ1n) is 7.15. The van der Waals surface area contributed by atoms with Crippen molar-refractivity contribution in [3.8, 4) is 0 Å². The smallest absolute Gasteiger partial charge is 0.247 e. The van der Waals surface area contributed by atoms with E-state index in [1.807, 2.05) is 30.3 Å². The minimum Gasteiger partial charge on any atom is -0.322 e. The lowest BCUT2D eigenvalue weighted by molar-refractivity contribution is -0.126. The number of hydrogen-bond donors (Lipinski definition) is 0. The van der Waals surface area contributed by atoms with Gasteiger partial charge >= 0.3 is 0 Å². The number of amides is 1. The normalized spacial score (nSPS) is 18.0. The van der Waals surface area contributed by atoms with E-state index < -0.39 is 0 Å². The highest BCUT2D eigenvalue weighted by Gasteiger charge is 2.31. The van der Waals surface area contributed by atoms with Gasteiger partial charge in [0.15, 0.2) is 0 Å². The Morgan fingerprint density at radius 3 is 2.64 bits per heavy atom. The van der Waals surface area contributed by atoms with E-state index in [2.05, 4.69) is 0 Å². The van der Waals surface area contributed by atoms with Crippen LogP contribution in [0.2, 0.25) is 0 Å². The molecule has 112 valence electrons. The van der Waals surface area contributed by atoms with E-state index in [0.717, 1.165) is 11.3 Å². The standard InChI is InChI=1S/C18H16FNOS/c19-16-9-5-4-8-15(16)18-20(12-13-22-18)17(21)11-10-14-6-2-1-3-7-14/h1-11,18H,12-13H2/b11-10+/t18-/m1/s1. The van der Waals surface area contributed by atoms with Gasteiger partial charge < -0.3 is 4.90 Å². The second-order valence-electron chi connectivity index (χ2n) is 5.02. The number of benzene rings is 2. The summed E-state index contributed by atoms with van der Waals surface area (Å²) in [4.78, 5) is 14.1. The Morgan fingerprint density at radius 1 is 1.14 bits per heavy atom. The average Bonchev–Trinajstić information content (AvgIpc) is 3.03. The predicted octanol–water partition coefficient (Wildman–Crippen LogP) is 4.11. The molecule has 2 nitrogen and oxygen atoms in total. The molecule has 2 aromatic carbocycles. The lowest BCUT2D eigenvalue weighted by Crippen LogP contribution is -2.29. The van der Waals surface area contributed by atoms with Crippen molar-refractivity contribution in [1.29, 1.82) is 0 Å². The number of rotatable bonds is 3. The Hall–Kier alpha value is -2.07. The van der Waals surface area contributed by atoms with Crippen LogP contribution in [-0.2, 0) is 4.79 Å². The van der Waals surface area contributed by atoms with Crippen LogP contribution >= 0.6 is 11.8 Å². The van der Waals surface area contributed by atoms with E-state index in [4.69, 9.17) is 0 Å². The third-order valence-electron chi connectivity index (χ3n) is 3.56. The Kier molecular flexibility index (Phi) is 4.59. The molecule has 0 aromatic heterocycles. The number of carbonyl (C=O) groups excluding carboxylic acids is 1. The molecule has 0 radical (unpaired) electrons. The van der Waals surface area contributed by atoms with Crippen molar-refractivity contribution in [2.45, 2.75) is 5.37 Å². The monoisotopic (exact) mass is 313 g/mol. The zero-order valence-electron chi connectivity index (χ0n) is 12.0. The minimum absolute atomic E-state index is 0.0814. The molecule has 0 aliphatic carbocycles. The summed E-state index contributed by atoms with van der Waals surface area (Å²) < 4.78 is 14.0. The summed E-state index contributed by atoms with van der Waals surface area (Å²) in [5, 5.41) is -0.242. The molecule has 3 rings (SSSR count). The molecule has 0 spiro atoms. The Balaban J connectivity index is 1.77. The summed E-state index contributed by atoms with van der Waals surface area (Å²) in [6, 6.07) is 16.3. The molecule has 2 aromatic rings. The van der Waals surface area contributed by atoms with Crippen LogP contribution in [0, 0.1) is 5.82 Å². The number of carbonyl (C=O) groups is 1. The van der Waals surface area contributed by atoms with Gasteiger partial charge in [-0.25, -0.2) is 4.39 Å². The third kappa shape index (κ3) is 3.22. The highest BCUT2D eigenvalue weighted by Crippen LogP contribution is 2.39. The van der Waals surface area contributed by atoms with Crippen LogP contribution in [0.4, 0.5) is 4.39 Å². The lowest BCUT2D eigenvalue weighted by atomic mass is 10.2. The van der Waals surface area contributed by atoms with E-state index in [-0.39, 0.29) is 17.1 Å². The maximum Gasteiger partial charge on any atom is 0.247 e. The van der Waals surface area contributed by atoms with Crippen LogP contribution < -0.4 is 0 Å². The van der Waals surface area contributed by atoms with Crippen LogP contribution in [0.3, 0.4) is 0 Å². The fourth-order valence-corrected chi connectivity index (χ4v) is 3.74. The minimum atomic E-state index is -0.258. The Morgan fingerprint density at radius 2 is 1.86 bits per heavy atom. The molecule has 1 saturated heterocycles. The summed E-state index contributed by atoms with van der Waals surface area (Å²) in [6.07, 6.45) is 3.36. The van der Waals surface area contributed by atoms with Crippen LogP contribution in [0.15, 0.2) is 60.7 Å². The van der Waals surface area contributed by atoms with Crippen LogP contribution in [0.25, 0.3) is 6.08 Å². The van der Waals surface area contributed by atoms with E-state index >= 15 is 0 Å². The van der Waals surface area contributed by atoms with E-state index in [9.17, 15) is 9.18 Å². The molecule has 4 heteroatoms. The van der Waals surface area contributed by atoms with Gasteiger partial charge in [0.25, 0.3) is 0 Å². The van der Waals surface area contributed by atoms with Crippen molar-refractivity contribution in [3.05, 3.63) is 77.6 Å². The number of hydrogen-bond acceptors (Lipinski definition) is 2. The first-order chi connectivity index (χ1) is 10.8. The number of nitrogens with zero attached hydrogens (tertiary/aromatic N) is 1. The quantitative estimate of drug-likeness (QED) is 0.795. The molecule has 1 aliphatic heterocycles. The summed E-state index contributed by atoms with van der Waals surface area (Å²) in [6.45, 7) is 0.641. The SMILES string of the molecule is O=C(/C=C/c1ccccc1)N1CCS[C@@H]1c1ccccc1F. The molecule has 1 aliphatic rings. The summed E-state index contributed by atoms with van der Waals surface area (Å²) >= 11 is 1.60. The third-order valence-corrected chi connectivity index (χ3v) is 4.81. The van der Waals surface area contributed by atoms with E-state index in [1.54, 1.807) is 47.0 Å². The van der Waals surface area contributed by atoms with Crippen LogP contribution in [0.1, 0.15) is 16.5 Å². The van der Waals surface area contributed by atoms with Crippen molar-refractivity contribution in [1.82, 2.24) is 4.90 Å². The predicted molar refractivity (Wildman–Crippen MR) is 88.8 cm³/mol. The van der Waals surface area contributed by atoms with Crippen molar-refractivity contribution in [2.24, 2.45) is 0 Å². The zero-order valence-corrected chi connectivity index (χ0v) is 12.8. The largest absolute Gasteiger partial charge is 0.322 e. The van der Waals surface area contributed by atoms with Crippen LogP contribution in [0.5, 0.6) is 0 Å². The first kappa shape index (κ1) is 14.9. The molecule has 0 saturated carbocycles. The molecule has 0 bridgehead atoms. The second-order valence-corrected chi connectivity index (χ2v) is 6.21. The van der Waals surface area contributed by atoms with Gasteiger partial charge in [-0.2, -0.15) is 0 Å². The molecule has 1 amide bonds. The maximum atomic E-state index is 14.0. The fourth-order valence-electron chi connectivity index (χ4n) is 2.46. The highest BCUT2D eigenvalue weighted by molar-refractivity contribution is 7.99. The van der Waals surface area contributed by atoms with Crippen LogP contribution in [-0.4, -0.2) is 23.1 Å². The average molecular weight is 313 g/mol. The molecule has 22 heavy (non-hydrogen) atoms. The second kappa shape index (κ2) is 6.79. The van der Waals surface area contributed by atoms with Gasteiger partial charge in [-0.1, -0.05) is 48.5 Å². The lowest BCUT2D eigenvalue weighted by Gasteiger charge is -2.23. The molecular weight excluding hydrogens is 297 g/mol. The van der Waals surface area contributed by atoms with Gasteiger partial charge in [-0.3, -0.25) is 4.79 Å². The molecule has 0 N–H and O–H groups in total. The molecule has 1 atom stereocenters.